The summed E-state index contributed by atoms with van der Waals surface area (Å²) in [5.74, 6) is -0.546. The Morgan fingerprint density at radius 2 is 2.18 bits per heavy atom. The third kappa shape index (κ3) is 4.12. The monoisotopic (exact) mass is 306 g/mol. The molecule has 3 N–H and O–H groups in total. The quantitative estimate of drug-likeness (QED) is 0.442. The Morgan fingerprint density at radius 3 is 2.77 bits per heavy atom. The molecule has 0 fully saturated rings. The molecule has 1 atom stereocenters. The minimum absolute atomic E-state index is 0.164. The Bertz CT molecular complexity index is 612. The van der Waals surface area contributed by atoms with Gasteiger partial charge in [0, 0.05) is 24.7 Å². The van der Waals surface area contributed by atoms with E-state index in [1.54, 1.807) is 6.20 Å². The van der Waals surface area contributed by atoms with Gasteiger partial charge in [0.1, 0.15) is 11.9 Å². The summed E-state index contributed by atoms with van der Waals surface area (Å²) < 4.78 is 14.5. The van der Waals surface area contributed by atoms with Crippen molar-refractivity contribution in [3.8, 4) is 0 Å². The van der Waals surface area contributed by atoms with Crippen LogP contribution in [0.2, 0.25) is 0 Å². The largest absolute Gasteiger partial charge is 0.396 e. The molecule has 0 aliphatic rings. The van der Waals surface area contributed by atoms with Crippen LogP contribution < -0.4 is 11.2 Å². The molecule has 1 aromatic heterocycles. The number of rotatable bonds is 8. The topological polar surface area (TPSA) is 82.2 Å². The highest BCUT2D eigenvalue weighted by atomic mass is 19.1. The van der Waals surface area contributed by atoms with Crippen LogP contribution in [0.3, 0.4) is 0 Å². The molecular weight excluding hydrogens is 287 g/mol. The molecular formula is C15H19FN4O2. The summed E-state index contributed by atoms with van der Waals surface area (Å²) in [6, 6.07) is 4.89. The molecule has 2 aromatic rings. The fourth-order valence-electron chi connectivity index (χ4n) is 2.06. The fourth-order valence-corrected chi connectivity index (χ4v) is 2.06. The highest BCUT2D eigenvalue weighted by Gasteiger charge is 2.22. The number of hydrogen-bond acceptors (Lipinski definition) is 5. The Kier molecular flexibility index (Phi) is 5.62. The minimum atomic E-state index is -0.554. The standard InChI is InChI=1S/C15H19FN4O2/c1-2-19-22-8-7-14(20-10-13(17)9-18-20)15(21)11-3-5-12(16)6-4-11/h3-6,9-10,14,19H,2,7-8,17H2,1H3. The van der Waals surface area contributed by atoms with Crippen LogP contribution >= 0.6 is 0 Å². The predicted octanol–water partition coefficient (Wildman–Crippen LogP) is 1.96. The number of carbonyl (C=O) groups excluding carboxylic acids is 1. The molecule has 2 rings (SSSR count). The second kappa shape index (κ2) is 7.67. The zero-order valence-electron chi connectivity index (χ0n) is 12.3. The van der Waals surface area contributed by atoms with E-state index < -0.39 is 6.04 Å². The average molecular weight is 306 g/mol. The number of anilines is 1. The minimum Gasteiger partial charge on any atom is -0.396 e. The predicted molar refractivity (Wildman–Crippen MR) is 80.7 cm³/mol. The van der Waals surface area contributed by atoms with Gasteiger partial charge in [-0.2, -0.15) is 5.10 Å². The molecule has 0 saturated carbocycles. The summed E-state index contributed by atoms with van der Waals surface area (Å²) in [6.45, 7) is 2.92. The van der Waals surface area contributed by atoms with Crippen LogP contribution in [0.25, 0.3) is 0 Å². The molecule has 1 aromatic carbocycles. The SMILES string of the molecule is CCNOCCC(C(=O)c1ccc(F)cc1)n1cc(N)cn1. The zero-order chi connectivity index (χ0) is 15.9. The van der Waals surface area contributed by atoms with Gasteiger partial charge in [-0.25, -0.2) is 9.87 Å². The second-order valence-electron chi connectivity index (χ2n) is 4.78. The molecule has 0 bridgehead atoms. The number of ketones is 1. The lowest BCUT2D eigenvalue weighted by atomic mass is 10.0. The first-order valence-corrected chi connectivity index (χ1v) is 7.06. The summed E-state index contributed by atoms with van der Waals surface area (Å²) in [5.41, 5.74) is 9.29. The molecule has 0 radical (unpaired) electrons. The smallest absolute Gasteiger partial charge is 0.187 e. The second-order valence-corrected chi connectivity index (χ2v) is 4.78. The fraction of sp³-hybridized carbons (Fsp3) is 0.333. The summed E-state index contributed by atoms with van der Waals surface area (Å²) in [4.78, 5) is 17.8. The van der Waals surface area contributed by atoms with Crippen LogP contribution in [0.15, 0.2) is 36.7 Å². The molecule has 0 spiro atoms. The molecule has 0 saturated heterocycles. The summed E-state index contributed by atoms with van der Waals surface area (Å²) in [5, 5.41) is 4.10. The Labute approximate surface area is 128 Å². The normalized spacial score (nSPS) is 12.3. The number of nitrogen functional groups attached to an aromatic ring is 1. The molecule has 7 heteroatoms. The Balaban J connectivity index is 2.15. The van der Waals surface area contributed by atoms with Crippen LogP contribution in [0, 0.1) is 5.82 Å². The lowest BCUT2D eigenvalue weighted by Crippen LogP contribution is -2.24. The van der Waals surface area contributed by atoms with Crippen LogP contribution in [0.4, 0.5) is 10.1 Å². The maximum absolute atomic E-state index is 13.0. The molecule has 0 amide bonds. The summed E-state index contributed by atoms with van der Waals surface area (Å²) in [7, 11) is 0. The van der Waals surface area contributed by atoms with Crippen molar-refractivity contribution in [1.82, 2.24) is 15.3 Å². The number of nitrogens with zero attached hydrogens (tertiary/aromatic N) is 2. The van der Waals surface area contributed by atoms with E-state index in [2.05, 4.69) is 10.6 Å². The molecule has 1 unspecified atom stereocenters. The highest BCUT2D eigenvalue weighted by molar-refractivity contribution is 5.98. The van der Waals surface area contributed by atoms with E-state index in [0.29, 0.717) is 30.8 Å². The van der Waals surface area contributed by atoms with E-state index in [9.17, 15) is 9.18 Å². The van der Waals surface area contributed by atoms with Gasteiger partial charge < -0.3 is 10.6 Å². The van der Waals surface area contributed by atoms with Crippen molar-refractivity contribution in [3.05, 3.63) is 48.0 Å². The number of carbonyl (C=O) groups is 1. The third-order valence-electron chi connectivity index (χ3n) is 3.11. The first-order valence-electron chi connectivity index (χ1n) is 7.06. The van der Waals surface area contributed by atoms with Crippen LogP contribution in [0.1, 0.15) is 29.7 Å². The van der Waals surface area contributed by atoms with Gasteiger partial charge in [-0.05, 0) is 24.3 Å². The van der Waals surface area contributed by atoms with Crippen LogP contribution in [-0.4, -0.2) is 28.7 Å². The number of nitrogens with two attached hydrogens (primary N) is 1. The van der Waals surface area contributed by atoms with Crippen LogP contribution in [-0.2, 0) is 4.84 Å². The molecule has 6 nitrogen and oxygen atoms in total. The first-order chi connectivity index (χ1) is 10.6. The van der Waals surface area contributed by atoms with E-state index in [1.165, 1.54) is 35.1 Å². The number of halogens is 1. The van der Waals surface area contributed by atoms with Crippen molar-refractivity contribution < 1.29 is 14.0 Å². The number of hydroxylamine groups is 1. The lowest BCUT2D eigenvalue weighted by molar-refractivity contribution is 0.0350. The number of Topliss-reactive ketones (excluding diaryl/α,β-unsaturated/α-hetero) is 1. The van der Waals surface area contributed by atoms with E-state index in [-0.39, 0.29) is 11.6 Å². The average Bonchev–Trinajstić information content (AvgIpc) is 2.94. The van der Waals surface area contributed by atoms with Gasteiger partial charge in [0.15, 0.2) is 5.78 Å². The molecule has 1 heterocycles. The summed E-state index contributed by atoms with van der Waals surface area (Å²) in [6.07, 6.45) is 3.50. The maximum Gasteiger partial charge on any atom is 0.187 e. The van der Waals surface area contributed by atoms with Gasteiger partial charge >= 0.3 is 0 Å². The molecule has 22 heavy (non-hydrogen) atoms. The van der Waals surface area contributed by atoms with Gasteiger partial charge in [-0.1, -0.05) is 6.92 Å². The highest BCUT2D eigenvalue weighted by Crippen LogP contribution is 2.19. The third-order valence-corrected chi connectivity index (χ3v) is 3.11. The number of benzene rings is 1. The van der Waals surface area contributed by atoms with E-state index in [1.807, 2.05) is 6.92 Å². The molecule has 0 aliphatic carbocycles. The summed E-state index contributed by atoms with van der Waals surface area (Å²) >= 11 is 0. The van der Waals surface area contributed by atoms with Gasteiger partial charge in [0.05, 0.1) is 18.5 Å². The van der Waals surface area contributed by atoms with Crippen molar-refractivity contribution in [2.75, 3.05) is 18.9 Å². The Hall–Kier alpha value is -2.25. The number of nitrogens with one attached hydrogen (secondary N) is 1. The number of hydrogen-bond donors (Lipinski definition) is 2. The Morgan fingerprint density at radius 1 is 1.45 bits per heavy atom. The van der Waals surface area contributed by atoms with E-state index in [4.69, 9.17) is 10.6 Å². The van der Waals surface area contributed by atoms with E-state index >= 15 is 0 Å². The van der Waals surface area contributed by atoms with Gasteiger partial charge in [-0.3, -0.25) is 9.48 Å². The van der Waals surface area contributed by atoms with E-state index in [0.717, 1.165) is 0 Å². The van der Waals surface area contributed by atoms with Crippen molar-refractivity contribution in [2.45, 2.75) is 19.4 Å². The van der Waals surface area contributed by atoms with Crippen LogP contribution in [0.5, 0.6) is 0 Å². The van der Waals surface area contributed by atoms with Gasteiger partial charge in [0.25, 0.3) is 0 Å². The lowest BCUT2D eigenvalue weighted by Gasteiger charge is -2.16. The first kappa shape index (κ1) is 16.1. The van der Waals surface area contributed by atoms with Crippen molar-refractivity contribution >= 4 is 11.5 Å². The van der Waals surface area contributed by atoms with Crippen molar-refractivity contribution in [2.24, 2.45) is 0 Å². The molecule has 118 valence electrons. The number of aromatic nitrogens is 2. The zero-order valence-corrected chi connectivity index (χ0v) is 12.3. The van der Waals surface area contributed by atoms with Crippen molar-refractivity contribution in [1.29, 1.82) is 0 Å². The van der Waals surface area contributed by atoms with Gasteiger partial charge in [-0.15, -0.1) is 0 Å². The van der Waals surface area contributed by atoms with Crippen molar-refractivity contribution in [3.63, 3.8) is 0 Å². The van der Waals surface area contributed by atoms with Gasteiger partial charge in [0.2, 0.25) is 0 Å². The molecule has 0 aliphatic heterocycles. The maximum atomic E-state index is 13.0.